The molecule has 2 aliphatic carbocycles. The van der Waals surface area contributed by atoms with Gasteiger partial charge in [0.25, 0.3) is 17.6 Å². The van der Waals surface area contributed by atoms with Crippen molar-refractivity contribution in [2.75, 3.05) is 13.1 Å². The van der Waals surface area contributed by atoms with Crippen LogP contribution >= 0.6 is 0 Å². The van der Waals surface area contributed by atoms with Gasteiger partial charge in [-0.2, -0.15) is 8.78 Å². The first-order valence-electron chi connectivity index (χ1n) is 17.7. The molecule has 4 heterocycles. The Morgan fingerprint density at radius 3 is 2.37 bits per heavy atom. The number of Topliss-reactive ketones (excluding diaryl/α,β-unsaturated/α-hetero) is 1. The fraction of sp³-hybridized carbons (Fsp3) is 0.735. The normalized spacial score (nSPS) is 29.3. The van der Waals surface area contributed by atoms with Crippen molar-refractivity contribution in [1.82, 2.24) is 30.8 Å². The predicted octanol–water partition coefficient (Wildman–Crippen LogP) is 1.84. The number of nitrogens with zero attached hydrogens (tertiary/aromatic N) is 3. The summed E-state index contributed by atoms with van der Waals surface area (Å²) in [7, 11) is 0. The lowest BCUT2D eigenvalue weighted by Gasteiger charge is -2.53. The Labute approximate surface area is 284 Å². The molecule has 49 heavy (non-hydrogen) atoms. The van der Waals surface area contributed by atoms with Gasteiger partial charge in [-0.05, 0) is 37.0 Å². The maximum Gasteiger partial charge on any atom is 0.343 e. The molecule has 13 nitrogen and oxygen atoms in total. The molecule has 0 spiro atoms. The zero-order valence-corrected chi connectivity index (χ0v) is 28.6. The number of hydrogen-bond acceptors (Lipinski definition) is 7. The molecular weight excluding hydrogens is 640 g/mol. The minimum atomic E-state index is -3.37. The molecule has 0 aromatic carbocycles. The molecule has 4 unspecified atom stereocenters. The highest BCUT2D eigenvalue weighted by molar-refractivity contribution is 6.38. The molecule has 2 saturated carbocycles. The number of rotatable bonds is 12. The second-order valence-corrected chi connectivity index (χ2v) is 15.7. The van der Waals surface area contributed by atoms with Gasteiger partial charge in [0.2, 0.25) is 17.9 Å². The highest BCUT2D eigenvalue weighted by Crippen LogP contribution is 2.58. The summed E-state index contributed by atoms with van der Waals surface area (Å²) in [6, 6.07) is -5.83. The third kappa shape index (κ3) is 6.16. The van der Waals surface area contributed by atoms with Crippen LogP contribution in [0.25, 0.3) is 0 Å². The van der Waals surface area contributed by atoms with Gasteiger partial charge in [-0.15, -0.1) is 0 Å². The number of alkyl halides is 2. The number of carbonyl (C=O) groups excluding carboxylic acids is 6. The number of H-pyrrole nitrogens is 1. The number of β-lactam (4-membered cyclic amide) rings is 1. The monoisotopic (exact) mass is 688 g/mol. The molecule has 0 radical (unpaired) electrons. The van der Waals surface area contributed by atoms with E-state index in [9.17, 15) is 28.8 Å². The van der Waals surface area contributed by atoms with Gasteiger partial charge in [0.1, 0.15) is 24.0 Å². The Kier molecular flexibility index (Phi) is 9.20. The summed E-state index contributed by atoms with van der Waals surface area (Å²) in [6.07, 6.45) is 9.03. The Bertz CT molecular complexity index is 1500. The average molecular weight is 689 g/mol. The van der Waals surface area contributed by atoms with Crippen molar-refractivity contribution < 1.29 is 42.0 Å². The summed E-state index contributed by atoms with van der Waals surface area (Å²) in [6.45, 7) is 5.66. The van der Waals surface area contributed by atoms with Gasteiger partial charge >= 0.3 is 11.8 Å². The molecule has 5 aliphatic rings. The van der Waals surface area contributed by atoms with Gasteiger partial charge in [0.15, 0.2) is 18.4 Å². The van der Waals surface area contributed by atoms with Crippen LogP contribution in [0.1, 0.15) is 96.1 Å². The quantitative estimate of drug-likeness (QED) is 0.148. The van der Waals surface area contributed by atoms with Crippen LogP contribution in [0.2, 0.25) is 0 Å². The van der Waals surface area contributed by atoms with Crippen molar-refractivity contribution in [3.63, 3.8) is 0 Å². The third-order valence-electron chi connectivity index (χ3n) is 11.3. The van der Waals surface area contributed by atoms with E-state index in [1.807, 2.05) is 0 Å². The van der Waals surface area contributed by atoms with Crippen LogP contribution in [0.15, 0.2) is 12.4 Å². The SMILES string of the molecule is CCCC(C(=O)C(=O)NC1CC1)[N+]12CC(F)(F)C3CN(C(=O)[C@@H](NC(=O)[C@@H](NC(=O)c4ncc[nH]4)C4CCCCC4)C(C)(C)C)[C@H](C1=O)C32. The molecule has 1 aromatic rings. The van der Waals surface area contributed by atoms with Crippen LogP contribution < -0.4 is 16.0 Å². The lowest BCUT2D eigenvalue weighted by molar-refractivity contribution is -0.914. The highest BCUT2D eigenvalue weighted by atomic mass is 19.3. The van der Waals surface area contributed by atoms with E-state index in [-0.39, 0.29) is 24.2 Å². The lowest BCUT2D eigenvalue weighted by Crippen LogP contribution is -2.82. The fourth-order valence-electron chi connectivity index (χ4n) is 8.72. The van der Waals surface area contributed by atoms with Crippen LogP contribution in [0.3, 0.4) is 0 Å². The number of ketones is 1. The molecule has 15 heteroatoms. The maximum atomic E-state index is 15.9. The molecular formula is C34H48F2N7O6+. The molecule has 4 N–H and O–H groups in total. The molecule has 3 aliphatic heterocycles. The molecule has 268 valence electrons. The second-order valence-electron chi connectivity index (χ2n) is 15.7. The van der Waals surface area contributed by atoms with E-state index in [4.69, 9.17) is 0 Å². The Hall–Kier alpha value is -3.75. The zero-order chi connectivity index (χ0) is 35.5. The Balaban J connectivity index is 1.25. The van der Waals surface area contributed by atoms with E-state index in [1.54, 1.807) is 27.7 Å². The summed E-state index contributed by atoms with van der Waals surface area (Å²) < 4.78 is 30.9. The standard InChI is InChI=1S/C34H47F2N7O6/c1-5-9-21(25(44)29(46)39-19-12-13-19)43-17-34(35,36)20-16-42(23(24(20)43)32(43)49)31(48)26(33(2,3)4)41-28(45)22(18-10-7-6-8-11-18)40-30(47)27-37-14-15-38-27/h14-15,18-24,26H,5-13,16-17H2,1-4H3,(H3-,37,38,39,40,41,45,46,47)/p+1/t20?,21?,22-,23-,24?,26+,43?/m0/s1. The largest absolute Gasteiger partial charge is 0.347 e. The first-order valence-corrected chi connectivity index (χ1v) is 17.7. The number of carbonyl (C=O) groups is 6. The number of hydrogen-bond donors (Lipinski definition) is 4. The number of halogens is 2. The van der Waals surface area contributed by atoms with Crippen LogP contribution in [0, 0.1) is 17.3 Å². The summed E-state index contributed by atoms with van der Waals surface area (Å²) in [5, 5.41) is 8.28. The summed E-state index contributed by atoms with van der Waals surface area (Å²) in [5.41, 5.74) is -0.907. The molecule has 5 fully saturated rings. The Morgan fingerprint density at radius 2 is 1.78 bits per heavy atom. The average Bonchev–Trinajstić information content (AvgIpc) is 3.46. The van der Waals surface area contributed by atoms with Crippen molar-refractivity contribution in [1.29, 1.82) is 0 Å². The zero-order valence-electron chi connectivity index (χ0n) is 28.6. The number of amides is 5. The summed E-state index contributed by atoms with van der Waals surface area (Å²) in [4.78, 5) is 89.8. The van der Waals surface area contributed by atoms with Gasteiger partial charge in [0, 0.05) is 31.4 Å². The lowest BCUT2D eigenvalue weighted by atomic mass is 9.81. The van der Waals surface area contributed by atoms with Crippen LogP contribution in [0.4, 0.5) is 8.78 Å². The number of imidazole rings is 1. The maximum absolute atomic E-state index is 15.9. The summed E-state index contributed by atoms with van der Waals surface area (Å²) in [5.74, 6) is -9.13. The molecule has 6 rings (SSSR count). The number of aromatic nitrogens is 2. The van der Waals surface area contributed by atoms with E-state index in [2.05, 4.69) is 25.9 Å². The van der Waals surface area contributed by atoms with E-state index < -0.39 is 100 Å². The first kappa shape index (κ1) is 35.1. The predicted molar refractivity (Wildman–Crippen MR) is 171 cm³/mol. The minimum absolute atomic E-state index is 0.0385. The van der Waals surface area contributed by atoms with Crippen molar-refractivity contribution in [3.05, 3.63) is 18.2 Å². The number of aromatic amines is 1. The minimum Gasteiger partial charge on any atom is -0.347 e. The second kappa shape index (κ2) is 12.9. The van der Waals surface area contributed by atoms with Crippen molar-refractivity contribution in [2.45, 2.75) is 128 Å². The van der Waals surface area contributed by atoms with E-state index in [1.165, 1.54) is 12.4 Å². The van der Waals surface area contributed by atoms with Crippen LogP contribution in [-0.4, -0.2) is 110 Å². The van der Waals surface area contributed by atoms with E-state index >= 15 is 8.78 Å². The van der Waals surface area contributed by atoms with Crippen LogP contribution in [-0.2, 0) is 24.0 Å². The Morgan fingerprint density at radius 1 is 1.08 bits per heavy atom. The third-order valence-corrected chi connectivity index (χ3v) is 11.3. The fourth-order valence-corrected chi connectivity index (χ4v) is 8.72. The first-order chi connectivity index (χ1) is 23.1. The molecule has 0 bridgehead atoms. The molecule has 5 amide bonds. The van der Waals surface area contributed by atoms with Crippen LogP contribution in [0.5, 0.6) is 0 Å². The number of quaternary nitrogens is 1. The van der Waals surface area contributed by atoms with Gasteiger partial charge < -0.3 is 25.8 Å². The van der Waals surface area contributed by atoms with Gasteiger partial charge in [-0.1, -0.05) is 53.4 Å². The molecule has 1 aromatic heterocycles. The number of likely N-dealkylation sites (tertiary alicyclic amines) is 1. The van der Waals surface area contributed by atoms with Crippen molar-refractivity contribution in [3.8, 4) is 0 Å². The topological polar surface area (TPSA) is 170 Å². The summed E-state index contributed by atoms with van der Waals surface area (Å²) >= 11 is 0. The van der Waals surface area contributed by atoms with Gasteiger partial charge in [0.05, 0.1) is 0 Å². The van der Waals surface area contributed by atoms with Crippen molar-refractivity contribution in [2.24, 2.45) is 17.3 Å². The van der Waals surface area contributed by atoms with Gasteiger partial charge in [-0.3, -0.25) is 24.0 Å². The van der Waals surface area contributed by atoms with Crippen molar-refractivity contribution >= 4 is 35.3 Å². The number of nitrogens with one attached hydrogen (secondary N) is 4. The van der Waals surface area contributed by atoms with Gasteiger partial charge in [-0.25, -0.2) is 14.3 Å². The smallest absolute Gasteiger partial charge is 0.343 e. The highest BCUT2D eigenvalue weighted by Gasteiger charge is 2.85. The van der Waals surface area contributed by atoms with E-state index in [0.29, 0.717) is 19.3 Å². The van der Waals surface area contributed by atoms with E-state index in [0.717, 1.165) is 37.0 Å². The molecule has 3 saturated heterocycles. The molecule has 7 atom stereocenters.